The zero-order valence-corrected chi connectivity index (χ0v) is 12.5. The van der Waals surface area contributed by atoms with E-state index in [1.54, 1.807) is 6.07 Å². The van der Waals surface area contributed by atoms with E-state index in [2.05, 4.69) is 10.0 Å². The van der Waals surface area contributed by atoms with Crippen molar-refractivity contribution in [1.82, 2.24) is 10.0 Å². The molecule has 0 saturated heterocycles. The maximum absolute atomic E-state index is 11.8. The molecule has 7 heteroatoms. The summed E-state index contributed by atoms with van der Waals surface area (Å²) in [4.78, 5) is 0.929. The fourth-order valence-corrected chi connectivity index (χ4v) is 3.94. The Kier molecular flexibility index (Phi) is 4.66. The van der Waals surface area contributed by atoms with E-state index in [1.807, 2.05) is 13.0 Å². The maximum atomic E-state index is 11.8. The van der Waals surface area contributed by atoms with Crippen molar-refractivity contribution in [3.8, 4) is 0 Å². The molecule has 0 spiro atoms. The van der Waals surface area contributed by atoms with Gasteiger partial charge in [-0.05, 0) is 31.9 Å². The molecule has 1 aliphatic carbocycles. The zero-order valence-electron chi connectivity index (χ0n) is 10.1. The molecule has 102 valence electrons. The van der Waals surface area contributed by atoms with Gasteiger partial charge in [0.25, 0.3) is 0 Å². The average Bonchev–Trinajstić information content (AvgIpc) is 2.98. The van der Waals surface area contributed by atoms with Crippen LogP contribution >= 0.6 is 22.9 Å². The second-order valence-corrected chi connectivity index (χ2v) is 8.15. The molecule has 2 rings (SSSR count). The van der Waals surface area contributed by atoms with Crippen molar-refractivity contribution < 1.29 is 8.42 Å². The van der Waals surface area contributed by atoms with Crippen molar-refractivity contribution in [3.05, 3.63) is 21.3 Å². The summed E-state index contributed by atoms with van der Waals surface area (Å²) in [6, 6.07) is 3.94. The van der Waals surface area contributed by atoms with Crippen LogP contribution in [0, 0.1) is 0 Å². The van der Waals surface area contributed by atoms with Crippen molar-refractivity contribution >= 4 is 33.0 Å². The van der Waals surface area contributed by atoms with Gasteiger partial charge >= 0.3 is 0 Å². The van der Waals surface area contributed by atoms with Crippen LogP contribution in [0.4, 0.5) is 0 Å². The van der Waals surface area contributed by atoms with E-state index in [0.717, 1.165) is 17.7 Å². The third-order valence-electron chi connectivity index (χ3n) is 2.76. The lowest BCUT2D eigenvalue weighted by molar-refractivity contribution is 0.564. The second kappa shape index (κ2) is 5.88. The first-order valence-corrected chi connectivity index (χ1v) is 8.79. The lowest BCUT2D eigenvalue weighted by atomic mass is 10.3. The van der Waals surface area contributed by atoms with E-state index in [-0.39, 0.29) is 11.8 Å². The smallest absolute Gasteiger partial charge is 0.213 e. The molecule has 1 unspecified atom stereocenters. The molecule has 0 aromatic carbocycles. The average molecular weight is 309 g/mol. The van der Waals surface area contributed by atoms with Gasteiger partial charge in [-0.25, -0.2) is 13.1 Å². The number of hydrogen-bond acceptors (Lipinski definition) is 4. The summed E-state index contributed by atoms with van der Waals surface area (Å²) in [5.74, 6) is 0.118. The molecule has 1 saturated carbocycles. The van der Waals surface area contributed by atoms with Crippen LogP contribution in [0.3, 0.4) is 0 Å². The van der Waals surface area contributed by atoms with Crippen LogP contribution in [-0.4, -0.2) is 26.8 Å². The SMILES string of the molecule is CC(NS(=O)(=O)CCNC1CC1)c1ccc(Cl)s1. The molecule has 1 aromatic heterocycles. The van der Waals surface area contributed by atoms with Gasteiger partial charge in [0.15, 0.2) is 0 Å². The predicted molar refractivity (Wildman–Crippen MR) is 75.7 cm³/mol. The van der Waals surface area contributed by atoms with Crippen molar-refractivity contribution in [2.75, 3.05) is 12.3 Å². The number of sulfonamides is 1. The quantitative estimate of drug-likeness (QED) is 0.811. The highest BCUT2D eigenvalue weighted by molar-refractivity contribution is 7.89. The first-order chi connectivity index (χ1) is 8.46. The molecule has 18 heavy (non-hydrogen) atoms. The molecule has 1 aromatic rings. The Balaban J connectivity index is 1.82. The molecule has 1 fully saturated rings. The first kappa shape index (κ1) is 14.3. The third kappa shape index (κ3) is 4.51. The summed E-state index contributed by atoms with van der Waals surface area (Å²) in [7, 11) is -3.24. The minimum atomic E-state index is -3.24. The molecule has 1 heterocycles. The second-order valence-electron chi connectivity index (χ2n) is 4.53. The zero-order chi connectivity index (χ0) is 13.2. The van der Waals surface area contributed by atoms with Crippen LogP contribution < -0.4 is 10.0 Å². The number of halogens is 1. The molecule has 0 radical (unpaired) electrons. The van der Waals surface area contributed by atoms with E-state index < -0.39 is 10.0 Å². The molecular formula is C11H17ClN2O2S2. The topological polar surface area (TPSA) is 58.2 Å². The van der Waals surface area contributed by atoms with Crippen LogP contribution in [0.15, 0.2) is 12.1 Å². The largest absolute Gasteiger partial charge is 0.313 e. The summed E-state index contributed by atoms with van der Waals surface area (Å²) in [5, 5.41) is 3.19. The van der Waals surface area contributed by atoms with Crippen LogP contribution in [0.1, 0.15) is 30.7 Å². The number of thiophene rings is 1. The Morgan fingerprint density at radius 1 is 1.50 bits per heavy atom. The minimum Gasteiger partial charge on any atom is -0.313 e. The summed E-state index contributed by atoms with van der Waals surface area (Å²) in [6.07, 6.45) is 2.33. The normalized spacial score (nSPS) is 17.9. The molecule has 2 N–H and O–H groups in total. The van der Waals surface area contributed by atoms with Gasteiger partial charge in [-0.1, -0.05) is 11.6 Å². The van der Waals surface area contributed by atoms with Crippen LogP contribution in [0.5, 0.6) is 0 Å². The van der Waals surface area contributed by atoms with Crippen LogP contribution in [0.25, 0.3) is 0 Å². The Labute approximate surface area is 117 Å². The summed E-state index contributed by atoms with van der Waals surface area (Å²) in [6.45, 7) is 2.34. The van der Waals surface area contributed by atoms with Crippen molar-refractivity contribution in [3.63, 3.8) is 0 Å². The Morgan fingerprint density at radius 2 is 2.22 bits per heavy atom. The van der Waals surface area contributed by atoms with Gasteiger partial charge in [-0.3, -0.25) is 0 Å². The van der Waals surface area contributed by atoms with E-state index in [9.17, 15) is 8.42 Å². The van der Waals surface area contributed by atoms with Crippen LogP contribution in [0.2, 0.25) is 4.34 Å². The van der Waals surface area contributed by atoms with Gasteiger partial charge in [0.2, 0.25) is 10.0 Å². The monoisotopic (exact) mass is 308 g/mol. The lowest BCUT2D eigenvalue weighted by Gasteiger charge is -2.12. The lowest BCUT2D eigenvalue weighted by Crippen LogP contribution is -2.33. The predicted octanol–water partition coefficient (Wildman–Crippen LogP) is 2.13. The Bertz CT molecular complexity index is 497. The maximum Gasteiger partial charge on any atom is 0.213 e. The molecule has 1 atom stereocenters. The van der Waals surface area contributed by atoms with E-state index in [4.69, 9.17) is 11.6 Å². The molecule has 0 aliphatic heterocycles. The highest BCUT2D eigenvalue weighted by atomic mass is 35.5. The van der Waals surface area contributed by atoms with Gasteiger partial charge in [-0.15, -0.1) is 11.3 Å². The molecule has 1 aliphatic rings. The van der Waals surface area contributed by atoms with Gasteiger partial charge in [0.1, 0.15) is 0 Å². The highest BCUT2D eigenvalue weighted by Crippen LogP contribution is 2.27. The summed E-state index contributed by atoms with van der Waals surface area (Å²) in [5.41, 5.74) is 0. The van der Waals surface area contributed by atoms with Gasteiger partial charge in [0, 0.05) is 17.5 Å². The third-order valence-corrected chi connectivity index (χ3v) is 5.63. The first-order valence-electron chi connectivity index (χ1n) is 5.95. The molecule has 4 nitrogen and oxygen atoms in total. The van der Waals surface area contributed by atoms with Crippen molar-refractivity contribution in [2.45, 2.75) is 31.8 Å². The number of nitrogens with one attached hydrogen (secondary N) is 2. The Morgan fingerprint density at radius 3 is 2.78 bits per heavy atom. The minimum absolute atomic E-state index is 0.118. The van der Waals surface area contributed by atoms with Crippen LogP contribution in [-0.2, 0) is 10.0 Å². The Hall–Kier alpha value is -0.140. The molecular weight excluding hydrogens is 292 g/mol. The van der Waals surface area contributed by atoms with Gasteiger partial charge in [0.05, 0.1) is 16.1 Å². The molecule has 0 bridgehead atoms. The number of rotatable bonds is 7. The van der Waals surface area contributed by atoms with Crippen molar-refractivity contribution in [2.24, 2.45) is 0 Å². The standard InChI is InChI=1S/C11H17ClN2O2S2/c1-8(10-4-5-11(12)17-10)14-18(15,16)7-6-13-9-2-3-9/h4-5,8-9,13-14H,2-3,6-7H2,1H3. The van der Waals surface area contributed by atoms with Gasteiger partial charge in [-0.2, -0.15) is 0 Å². The fourth-order valence-electron chi connectivity index (χ4n) is 1.63. The molecule has 0 amide bonds. The summed E-state index contributed by atoms with van der Waals surface area (Å²) >= 11 is 7.23. The fraction of sp³-hybridized carbons (Fsp3) is 0.636. The van der Waals surface area contributed by atoms with Gasteiger partial charge < -0.3 is 5.32 Å². The van der Waals surface area contributed by atoms with E-state index in [0.29, 0.717) is 16.9 Å². The number of hydrogen-bond donors (Lipinski definition) is 2. The van der Waals surface area contributed by atoms with Crippen molar-refractivity contribution in [1.29, 1.82) is 0 Å². The van der Waals surface area contributed by atoms with E-state index >= 15 is 0 Å². The van der Waals surface area contributed by atoms with E-state index in [1.165, 1.54) is 11.3 Å². The summed E-state index contributed by atoms with van der Waals surface area (Å²) < 4.78 is 27.0. The highest BCUT2D eigenvalue weighted by Gasteiger charge is 2.22.